The van der Waals surface area contributed by atoms with Crippen LogP contribution in [0.15, 0.2) is 47.6 Å². The zero-order valence-electron chi connectivity index (χ0n) is 19.6. The van der Waals surface area contributed by atoms with E-state index in [9.17, 15) is 0 Å². The van der Waals surface area contributed by atoms with Gasteiger partial charge in [0.25, 0.3) is 0 Å². The number of hydrogen-bond acceptors (Lipinski definition) is 5. The van der Waals surface area contributed by atoms with Crippen molar-refractivity contribution < 1.29 is 9.47 Å². The van der Waals surface area contributed by atoms with Crippen LogP contribution in [0.3, 0.4) is 0 Å². The van der Waals surface area contributed by atoms with Crippen molar-refractivity contribution in [3.8, 4) is 17.4 Å². The Morgan fingerprint density at radius 1 is 1.19 bits per heavy atom. The van der Waals surface area contributed by atoms with Crippen LogP contribution in [0.25, 0.3) is 0 Å². The Bertz CT molecular complexity index is 1060. The summed E-state index contributed by atoms with van der Waals surface area (Å²) in [7, 11) is 5.38. The molecule has 3 aromatic rings. The smallest absolute Gasteiger partial charge is 0.219 e. The third kappa shape index (κ3) is 6.00. The van der Waals surface area contributed by atoms with Crippen molar-refractivity contribution in [3.05, 3.63) is 65.1 Å². The Hall–Kier alpha value is -3.55. The fraction of sp³-hybridized carbons (Fsp3) is 0.375. The number of nitrogens with zero attached hydrogens (tertiary/aromatic N) is 4. The fourth-order valence-corrected chi connectivity index (χ4v) is 3.45. The summed E-state index contributed by atoms with van der Waals surface area (Å²) < 4.78 is 12.9. The summed E-state index contributed by atoms with van der Waals surface area (Å²) in [6.45, 7) is 6.90. The first-order valence-corrected chi connectivity index (χ1v) is 10.6. The molecule has 0 radical (unpaired) electrons. The largest absolute Gasteiger partial charge is 0.497 e. The van der Waals surface area contributed by atoms with Crippen LogP contribution in [0.1, 0.15) is 29.4 Å². The van der Waals surface area contributed by atoms with Gasteiger partial charge in [-0.25, -0.2) is 4.98 Å². The van der Waals surface area contributed by atoms with Gasteiger partial charge in [-0.1, -0.05) is 12.1 Å². The van der Waals surface area contributed by atoms with Gasteiger partial charge in [-0.2, -0.15) is 5.10 Å². The van der Waals surface area contributed by atoms with Gasteiger partial charge < -0.3 is 20.1 Å². The molecule has 0 aliphatic heterocycles. The lowest BCUT2D eigenvalue weighted by Gasteiger charge is -2.18. The summed E-state index contributed by atoms with van der Waals surface area (Å²) in [6, 6.07) is 11.5. The number of hydrogen-bond donors (Lipinski definition) is 2. The highest BCUT2D eigenvalue weighted by molar-refractivity contribution is 5.79. The summed E-state index contributed by atoms with van der Waals surface area (Å²) in [5.41, 5.74) is 4.57. The maximum absolute atomic E-state index is 5.80. The minimum absolute atomic E-state index is 0.208. The van der Waals surface area contributed by atoms with E-state index < -0.39 is 0 Å². The molecule has 8 nitrogen and oxygen atoms in total. The predicted molar refractivity (Wildman–Crippen MR) is 126 cm³/mol. The Morgan fingerprint density at radius 2 is 1.97 bits per heavy atom. The molecule has 0 bridgehead atoms. The Kier molecular flexibility index (Phi) is 7.70. The SMILES string of the molecule is CN=C(NCc1ccc(Oc2cccc(OC)c2)nc1)NC(C)Cc1c(C)nn(C)c1C. The first-order valence-electron chi connectivity index (χ1n) is 10.6. The van der Waals surface area contributed by atoms with Gasteiger partial charge in [0, 0.05) is 50.7 Å². The minimum Gasteiger partial charge on any atom is -0.497 e. The summed E-state index contributed by atoms with van der Waals surface area (Å²) in [5.74, 6) is 2.69. The van der Waals surface area contributed by atoms with E-state index in [-0.39, 0.29) is 6.04 Å². The van der Waals surface area contributed by atoms with Crippen LogP contribution >= 0.6 is 0 Å². The Balaban J connectivity index is 1.52. The molecule has 1 aromatic carbocycles. The lowest BCUT2D eigenvalue weighted by molar-refractivity contribution is 0.407. The van der Waals surface area contributed by atoms with Gasteiger partial charge >= 0.3 is 0 Å². The van der Waals surface area contributed by atoms with Gasteiger partial charge in [0.15, 0.2) is 5.96 Å². The second-order valence-electron chi connectivity index (χ2n) is 7.73. The number of benzene rings is 1. The molecule has 1 unspecified atom stereocenters. The number of guanidine groups is 1. The normalized spacial score (nSPS) is 12.4. The van der Waals surface area contributed by atoms with Crippen LogP contribution in [-0.2, 0) is 20.0 Å². The van der Waals surface area contributed by atoms with Crippen molar-refractivity contribution >= 4 is 5.96 Å². The number of nitrogens with one attached hydrogen (secondary N) is 2. The van der Waals surface area contributed by atoms with E-state index >= 15 is 0 Å². The molecule has 8 heteroatoms. The van der Waals surface area contributed by atoms with Crippen molar-refractivity contribution in [2.45, 2.75) is 39.8 Å². The van der Waals surface area contributed by atoms with Gasteiger partial charge in [-0.15, -0.1) is 0 Å². The van der Waals surface area contributed by atoms with Gasteiger partial charge in [-0.3, -0.25) is 9.67 Å². The van der Waals surface area contributed by atoms with E-state index in [4.69, 9.17) is 9.47 Å². The Morgan fingerprint density at radius 3 is 2.59 bits per heavy atom. The third-order valence-electron chi connectivity index (χ3n) is 5.30. The number of aryl methyl sites for hydroxylation is 2. The van der Waals surface area contributed by atoms with E-state index in [1.54, 1.807) is 20.4 Å². The number of aliphatic imine (C=N–C) groups is 1. The van der Waals surface area contributed by atoms with Crippen molar-refractivity contribution in [1.29, 1.82) is 0 Å². The average Bonchev–Trinajstić information content (AvgIpc) is 3.03. The summed E-state index contributed by atoms with van der Waals surface area (Å²) in [4.78, 5) is 8.74. The van der Waals surface area contributed by atoms with Gasteiger partial charge in [0.2, 0.25) is 5.88 Å². The molecule has 170 valence electrons. The molecule has 3 rings (SSSR count). The molecule has 0 fully saturated rings. The molecule has 0 aliphatic carbocycles. The first kappa shape index (κ1) is 23.1. The zero-order chi connectivity index (χ0) is 23.1. The molecule has 1 atom stereocenters. The van der Waals surface area contributed by atoms with Crippen LogP contribution < -0.4 is 20.1 Å². The quantitative estimate of drug-likeness (QED) is 0.415. The monoisotopic (exact) mass is 436 g/mol. The molecule has 32 heavy (non-hydrogen) atoms. The number of ether oxygens (including phenoxy) is 2. The summed E-state index contributed by atoms with van der Waals surface area (Å²) in [5, 5.41) is 11.3. The van der Waals surface area contributed by atoms with E-state index in [2.05, 4.69) is 46.5 Å². The molecular weight excluding hydrogens is 404 g/mol. The van der Waals surface area contributed by atoms with Crippen molar-refractivity contribution in [1.82, 2.24) is 25.4 Å². The highest BCUT2D eigenvalue weighted by atomic mass is 16.5. The van der Waals surface area contributed by atoms with Gasteiger partial charge in [-0.05, 0) is 50.5 Å². The summed E-state index contributed by atoms with van der Waals surface area (Å²) >= 11 is 0. The number of aromatic nitrogens is 3. The highest BCUT2D eigenvalue weighted by Crippen LogP contribution is 2.23. The van der Waals surface area contributed by atoms with Crippen LogP contribution in [0.5, 0.6) is 17.4 Å². The second kappa shape index (κ2) is 10.7. The number of pyridine rings is 1. The maximum atomic E-state index is 5.80. The number of methoxy groups -OCH3 is 1. The van der Waals surface area contributed by atoms with Crippen molar-refractivity contribution in [2.24, 2.45) is 12.0 Å². The molecular formula is C24H32N6O2. The van der Waals surface area contributed by atoms with Crippen LogP contribution in [0.4, 0.5) is 0 Å². The van der Waals surface area contributed by atoms with E-state index in [0.717, 1.165) is 29.4 Å². The molecule has 0 saturated heterocycles. The minimum atomic E-state index is 0.208. The van der Waals surface area contributed by atoms with E-state index in [1.807, 2.05) is 48.1 Å². The van der Waals surface area contributed by atoms with E-state index in [0.29, 0.717) is 18.2 Å². The molecule has 2 heterocycles. The molecule has 0 spiro atoms. The van der Waals surface area contributed by atoms with E-state index in [1.165, 1.54) is 11.3 Å². The van der Waals surface area contributed by atoms with Crippen LogP contribution in [0, 0.1) is 13.8 Å². The van der Waals surface area contributed by atoms with Gasteiger partial charge in [0.05, 0.1) is 12.8 Å². The average molecular weight is 437 g/mol. The van der Waals surface area contributed by atoms with Crippen molar-refractivity contribution in [3.63, 3.8) is 0 Å². The maximum Gasteiger partial charge on any atom is 0.219 e. The first-order chi connectivity index (χ1) is 15.4. The molecule has 0 aliphatic rings. The lowest BCUT2D eigenvalue weighted by atomic mass is 10.1. The third-order valence-corrected chi connectivity index (χ3v) is 5.30. The lowest BCUT2D eigenvalue weighted by Crippen LogP contribution is -2.42. The molecule has 2 aromatic heterocycles. The van der Waals surface area contributed by atoms with Crippen LogP contribution in [0.2, 0.25) is 0 Å². The Labute approximate surface area is 189 Å². The second-order valence-corrected chi connectivity index (χ2v) is 7.73. The van der Waals surface area contributed by atoms with Crippen LogP contribution in [-0.4, -0.2) is 40.9 Å². The standard InChI is InChI=1S/C24H32N6O2/c1-16(12-22-17(2)29-30(5)18(22)3)28-24(25-4)27-15-19-10-11-23(26-14-19)32-21-9-7-8-20(13-21)31-6/h7-11,13-14,16H,12,15H2,1-6H3,(H2,25,27,28). The van der Waals surface area contributed by atoms with Gasteiger partial charge in [0.1, 0.15) is 11.5 Å². The molecule has 2 N–H and O–H groups in total. The zero-order valence-corrected chi connectivity index (χ0v) is 19.6. The highest BCUT2D eigenvalue weighted by Gasteiger charge is 2.14. The fourth-order valence-electron chi connectivity index (χ4n) is 3.45. The molecule has 0 amide bonds. The predicted octanol–water partition coefficient (Wildman–Crippen LogP) is 3.53. The molecule has 0 saturated carbocycles. The summed E-state index contributed by atoms with van der Waals surface area (Å²) in [6.07, 6.45) is 2.67. The van der Waals surface area contributed by atoms with Crippen molar-refractivity contribution in [2.75, 3.05) is 14.2 Å². The topological polar surface area (TPSA) is 85.6 Å². The number of rotatable bonds is 8.